The second kappa shape index (κ2) is 6.38. The van der Waals surface area contributed by atoms with E-state index in [9.17, 15) is 4.79 Å². The highest BCUT2D eigenvalue weighted by Crippen LogP contribution is 2.33. The zero-order valence-electron chi connectivity index (χ0n) is 10.3. The number of fused-ring (bicyclic) bond motifs is 1. The highest BCUT2D eigenvalue weighted by atomic mass is 127. The minimum Gasteiger partial charge on any atom is -0.482 e. The Bertz CT molecular complexity index is 436. The van der Waals surface area contributed by atoms with E-state index in [0.29, 0.717) is 19.8 Å². The van der Waals surface area contributed by atoms with Crippen LogP contribution in [0.3, 0.4) is 0 Å². The Morgan fingerprint density at radius 1 is 1.50 bits per heavy atom. The average molecular weight is 361 g/mol. The molecule has 1 aliphatic rings. The van der Waals surface area contributed by atoms with Gasteiger partial charge in [0.2, 0.25) is 0 Å². The number of anilines is 1. The van der Waals surface area contributed by atoms with Gasteiger partial charge < -0.3 is 14.4 Å². The van der Waals surface area contributed by atoms with Crippen LogP contribution in [-0.4, -0.2) is 32.3 Å². The van der Waals surface area contributed by atoms with Gasteiger partial charge in [0.1, 0.15) is 5.75 Å². The summed E-state index contributed by atoms with van der Waals surface area (Å²) in [6.45, 7) is 4.17. The van der Waals surface area contributed by atoms with Crippen LogP contribution < -0.4 is 9.64 Å². The summed E-state index contributed by atoms with van der Waals surface area (Å²) in [7, 11) is 0. The Morgan fingerprint density at radius 2 is 2.33 bits per heavy atom. The third kappa shape index (κ3) is 3.14. The lowest BCUT2D eigenvalue weighted by Gasteiger charge is -2.29. The van der Waals surface area contributed by atoms with Gasteiger partial charge in [0, 0.05) is 23.3 Å². The number of hydrogen-bond acceptors (Lipinski definition) is 3. The Morgan fingerprint density at radius 3 is 3.11 bits per heavy atom. The first-order chi connectivity index (χ1) is 8.72. The zero-order chi connectivity index (χ0) is 13.0. The topological polar surface area (TPSA) is 38.8 Å². The Hall–Kier alpha value is -0.820. The van der Waals surface area contributed by atoms with Crippen LogP contribution in [0, 0.1) is 3.57 Å². The molecule has 98 valence electrons. The normalized spacial score (nSPS) is 14.3. The number of carbonyl (C=O) groups is 1. The maximum Gasteiger partial charge on any atom is 0.265 e. The average Bonchev–Trinajstić information content (AvgIpc) is 2.36. The quantitative estimate of drug-likeness (QED) is 0.598. The van der Waals surface area contributed by atoms with Crippen molar-refractivity contribution in [3.63, 3.8) is 0 Å². The fraction of sp³-hybridized carbons (Fsp3) is 0.462. The van der Waals surface area contributed by atoms with Gasteiger partial charge in [-0.1, -0.05) is 0 Å². The van der Waals surface area contributed by atoms with Crippen molar-refractivity contribution in [1.82, 2.24) is 0 Å². The smallest absolute Gasteiger partial charge is 0.265 e. The first-order valence-electron chi connectivity index (χ1n) is 6.03. The summed E-state index contributed by atoms with van der Waals surface area (Å²) in [6, 6.07) is 5.88. The standard InChI is InChI=1S/C13H16INO3/c1-2-17-7-3-6-15-11-8-10(14)4-5-12(11)18-9-13(15)16/h4-5,8H,2-3,6-7,9H2,1H3. The third-order valence-corrected chi connectivity index (χ3v) is 3.41. The summed E-state index contributed by atoms with van der Waals surface area (Å²) in [6.07, 6.45) is 0.838. The predicted octanol–water partition coefficient (Wildman–Crippen LogP) is 2.44. The minimum absolute atomic E-state index is 0.0148. The van der Waals surface area contributed by atoms with E-state index in [1.165, 1.54) is 0 Å². The number of ether oxygens (including phenoxy) is 2. The van der Waals surface area contributed by atoms with Gasteiger partial charge in [0.05, 0.1) is 5.69 Å². The number of carbonyl (C=O) groups excluding carboxylic acids is 1. The molecule has 1 heterocycles. The van der Waals surface area contributed by atoms with E-state index in [-0.39, 0.29) is 12.5 Å². The number of benzene rings is 1. The molecule has 1 amide bonds. The molecule has 18 heavy (non-hydrogen) atoms. The van der Waals surface area contributed by atoms with E-state index in [2.05, 4.69) is 22.6 Å². The molecule has 0 aromatic heterocycles. The van der Waals surface area contributed by atoms with Gasteiger partial charge >= 0.3 is 0 Å². The van der Waals surface area contributed by atoms with Crippen molar-refractivity contribution in [2.75, 3.05) is 31.3 Å². The van der Waals surface area contributed by atoms with E-state index < -0.39 is 0 Å². The summed E-state index contributed by atoms with van der Waals surface area (Å²) >= 11 is 2.24. The van der Waals surface area contributed by atoms with Gasteiger partial charge in [-0.25, -0.2) is 0 Å². The van der Waals surface area contributed by atoms with Crippen LogP contribution in [0.5, 0.6) is 5.75 Å². The molecule has 0 radical (unpaired) electrons. The van der Waals surface area contributed by atoms with E-state index in [4.69, 9.17) is 9.47 Å². The fourth-order valence-electron chi connectivity index (χ4n) is 1.89. The Labute approximate surface area is 120 Å². The van der Waals surface area contributed by atoms with E-state index >= 15 is 0 Å². The van der Waals surface area contributed by atoms with Gasteiger partial charge in [-0.3, -0.25) is 4.79 Å². The van der Waals surface area contributed by atoms with Crippen molar-refractivity contribution in [2.45, 2.75) is 13.3 Å². The predicted molar refractivity (Wildman–Crippen MR) is 78.1 cm³/mol. The molecule has 1 aromatic carbocycles. The summed E-state index contributed by atoms with van der Waals surface area (Å²) in [5, 5.41) is 0. The molecule has 0 atom stereocenters. The maximum atomic E-state index is 11.9. The van der Waals surface area contributed by atoms with Crippen LogP contribution in [0.25, 0.3) is 0 Å². The monoisotopic (exact) mass is 361 g/mol. The van der Waals surface area contributed by atoms with Crippen molar-refractivity contribution in [3.05, 3.63) is 21.8 Å². The Balaban J connectivity index is 2.09. The van der Waals surface area contributed by atoms with Crippen molar-refractivity contribution in [2.24, 2.45) is 0 Å². The van der Waals surface area contributed by atoms with Crippen molar-refractivity contribution < 1.29 is 14.3 Å². The molecular formula is C13H16INO3. The molecule has 0 bridgehead atoms. The van der Waals surface area contributed by atoms with Crippen LogP contribution in [0.2, 0.25) is 0 Å². The lowest BCUT2D eigenvalue weighted by atomic mass is 10.2. The summed E-state index contributed by atoms with van der Waals surface area (Å²) in [5.41, 5.74) is 0.870. The summed E-state index contributed by atoms with van der Waals surface area (Å²) < 4.78 is 11.8. The van der Waals surface area contributed by atoms with Crippen molar-refractivity contribution in [1.29, 1.82) is 0 Å². The van der Waals surface area contributed by atoms with Crippen LogP contribution in [0.1, 0.15) is 13.3 Å². The van der Waals surface area contributed by atoms with Gasteiger partial charge in [0.15, 0.2) is 6.61 Å². The number of hydrogen-bond donors (Lipinski definition) is 0. The van der Waals surface area contributed by atoms with Gasteiger partial charge in [-0.15, -0.1) is 0 Å². The lowest BCUT2D eigenvalue weighted by molar-refractivity contribution is -0.121. The molecule has 0 saturated carbocycles. The number of nitrogens with zero attached hydrogens (tertiary/aromatic N) is 1. The first-order valence-corrected chi connectivity index (χ1v) is 7.10. The van der Waals surface area contributed by atoms with E-state index in [1.54, 1.807) is 4.90 Å². The molecule has 1 aliphatic heterocycles. The van der Waals surface area contributed by atoms with Gasteiger partial charge in [-0.2, -0.15) is 0 Å². The molecule has 0 N–H and O–H groups in total. The maximum absolute atomic E-state index is 11.9. The largest absolute Gasteiger partial charge is 0.482 e. The molecule has 2 rings (SSSR count). The molecule has 4 nitrogen and oxygen atoms in total. The molecule has 0 saturated heterocycles. The first kappa shape index (κ1) is 13.6. The number of amides is 1. The molecular weight excluding hydrogens is 345 g/mol. The summed E-state index contributed by atoms with van der Waals surface area (Å²) in [5.74, 6) is 0.799. The van der Waals surface area contributed by atoms with Crippen molar-refractivity contribution in [3.8, 4) is 5.75 Å². The van der Waals surface area contributed by atoms with Crippen LogP contribution in [0.4, 0.5) is 5.69 Å². The molecule has 0 unspecified atom stereocenters. The van der Waals surface area contributed by atoms with E-state index in [1.807, 2.05) is 25.1 Å². The number of rotatable bonds is 5. The molecule has 1 aromatic rings. The van der Waals surface area contributed by atoms with Gasteiger partial charge in [-0.05, 0) is 54.1 Å². The highest BCUT2D eigenvalue weighted by Gasteiger charge is 2.25. The number of halogens is 1. The van der Waals surface area contributed by atoms with Crippen LogP contribution in [0.15, 0.2) is 18.2 Å². The molecule has 0 spiro atoms. The SMILES string of the molecule is CCOCCCN1C(=O)COc2ccc(I)cc21. The second-order valence-electron chi connectivity index (χ2n) is 4.00. The molecule has 0 aliphatic carbocycles. The van der Waals surface area contributed by atoms with Crippen molar-refractivity contribution >= 4 is 34.2 Å². The zero-order valence-corrected chi connectivity index (χ0v) is 12.5. The minimum atomic E-state index is 0.0148. The van der Waals surface area contributed by atoms with Crippen LogP contribution in [-0.2, 0) is 9.53 Å². The van der Waals surface area contributed by atoms with E-state index in [0.717, 1.165) is 21.4 Å². The molecule has 0 fully saturated rings. The fourth-order valence-corrected chi connectivity index (χ4v) is 2.36. The lowest BCUT2D eigenvalue weighted by Crippen LogP contribution is -2.39. The summed E-state index contributed by atoms with van der Waals surface area (Å²) in [4.78, 5) is 13.7. The Kier molecular flexibility index (Phi) is 4.82. The third-order valence-electron chi connectivity index (χ3n) is 2.74. The van der Waals surface area contributed by atoms with Gasteiger partial charge in [0.25, 0.3) is 5.91 Å². The molecule has 5 heteroatoms. The van der Waals surface area contributed by atoms with Crippen LogP contribution >= 0.6 is 22.6 Å². The second-order valence-corrected chi connectivity index (χ2v) is 5.24. The highest BCUT2D eigenvalue weighted by molar-refractivity contribution is 14.1.